The number of nitrogens with zero attached hydrogens (tertiary/aromatic N) is 2. The maximum atomic E-state index is 11.2. The number of carbonyl (C=O) groups excluding carboxylic acids is 1. The van der Waals surface area contributed by atoms with E-state index in [1.54, 1.807) is 0 Å². The number of nitrogen functional groups attached to an aromatic ring is 1. The van der Waals surface area contributed by atoms with Gasteiger partial charge in [-0.05, 0) is 12.8 Å². The van der Waals surface area contributed by atoms with Crippen LogP contribution < -0.4 is 11.1 Å². The van der Waals surface area contributed by atoms with E-state index in [4.69, 9.17) is 5.73 Å². The Bertz CT molecular complexity index is 319. The molecule has 14 heavy (non-hydrogen) atoms. The van der Waals surface area contributed by atoms with Crippen molar-refractivity contribution in [1.29, 1.82) is 0 Å². The zero-order chi connectivity index (χ0) is 10.7. The highest BCUT2D eigenvalue weighted by Gasteiger charge is 2.19. The molecule has 0 aliphatic rings. The second-order valence-corrected chi connectivity index (χ2v) is 3.52. The van der Waals surface area contributed by atoms with Crippen LogP contribution in [-0.2, 0) is 4.79 Å². The molecule has 0 radical (unpaired) electrons. The molecule has 1 aromatic rings. The standard InChI is InChI=1S/C8H15N5O/c1-4(2)6(5(3)14)10-8-11-7(9)12-13-8/h4,6H,1-3H3,(H4,9,10,11,12,13)/t6-/m0/s1. The molecular weight excluding hydrogens is 182 g/mol. The van der Waals surface area contributed by atoms with Crippen LogP contribution in [0.5, 0.6) is 0 Å². The lowest BCUT2D eigenvalue weighted by Gasteiger charge is -2.17. The fraction of sp³-hybridized carbons (Fsp3) is 0.625. The van der Waals surface area contributed by atoms with E-state index in [0.717, 1.165) is 0 Å². The number of H-pyrrole nitrogens is 1. The van der Waals surface area contributed by atoms with E-state index < -0.39 is 0 Å². The highest BCUT2D eigenvalue weighted by Crippen LogP contribution is 2.09. The molecule has 0 aliphatic carbocycles. The van der Waals surface area contributed by atoms with Gasteiger partial charge in [0, 0.05) is 0 Å². The van der Waals surface area contributed by atoms with E-state index in [1.165, 1.54) is 6.92 Å². The maximum Gasteiger partial charge on any atom is 0.244 e. The quantitative estimate of drug-likeness (QED) is 0.649. The van der Waals surface area contributed by atoms with Crippen molar-refractivity contribution in [3.63, 3.8) is 0 Å². The van der Waals surface area contributed by atoms with Crippen LogP contribution in [0, 0.1) is 5.92 Å². The van der Waals surface area contributed by atoms with Gasteiger partial charge in [-0.1, -0.05) is 13.8 Å². The molecule has 1 heterocycles. The monoisotopic (exact) mass is 197 g/mol. The van der Waals surface area contributed by atoms with E-state index in [-0.39, 0.29) is 23.7 Å². The highest BCUT2D eigenvalue weighted by molar-refractivity contribution is 5.84. The van der Waals surface area contributed by atoms with Gasteiger partial charge in [-0.2, -0.15) is 4.98 Å². The Hall–Kier alpha value is -1.59. The van der Waals surface area contributed by atoms with E-state index >= 15 is 0 Å². The summed E-state index contributed by atoms with van der Waals surface area (Å²) in [6, 6.07) is -0.273. The zero-order valence-corrected chi connectivity index (χ0v) is 8.53. The first-order chi connectivity index (χ1) is 6.50. The predicted octanol–water partition coefficient (Wildman–Crippen LogP) is 0.412. The molecule has 0 bridgehead atoms. The normalized spacial score (nSPS) is 12.9. The Labute approximate surface area is 82.3 Å². The summed E-state index contributed by atoms with van der Waals surface area (Å²) in [5, 5.41) is 9.21. The van der Waals surface area contributed by atoms with Crippen molar-refractivity contribution in [2.75, 3.05) is 11.1 Å². The summed E-state index contributed by atoms with van der Waals surface area (Å²) in [6.45, 7) is 5.44. The second kappa shape index (κ2) is 4.08. The number of Topliss-reactive ketones (excluding diaryl/α,β-unsaturated/α-hetero) is 1. The number of aromatic nitrogens is 3. The number of rotatable bonds is 4. The summed E-state index contributed by atoms with van der Waals surface area (Å²) in [4.78, 5) is 15.1. The van der Waals surface area contributed by atoms with Crippen LogP contribution in [0.25, 0.3) is 0 Å². The van der Waals surface area contributed by atoms with Crippen molar-refractivity contribution in [2.45, 2.75) is 26.8 Å². The van der Waals surface area contributed by atoms with Crippen LogP contribution in [0.15, 0.2) is 0 Å². The zero-order valence-electron chi connectivity index (χ0n) is 8.53. The van der Waals surface area contributed by atoms with Gasteiger partial charge < -0.3 is 11.1 Å². The van der Waals surface area contributed by atoms with Crippen LogP contribution in [0.3, 0.4) is 0 Å². The van der Waals surface area contributed by atoms with Crippen molar-refractivity contribution in [3.8, 4) is 0 Å². The summed E-state index contributed by atoms with van der Waals surface area (Å²) in [7, 11) is 0. The molecule has 1 atom stereocenters. The van der Waals surface area contributed by atoms with Gasteiger partial charge in [0.25, 0.3) is 0 Å². The molecule has 78 valence electrons. The topological polar surface area (TPSA) is 96.7 Å². The van der Waals surface area contributed by atoms with Crippen LogP contribution >= 0.6 is 0 Å². The molecule has 0 saturated heterocycles. The van der Waals surface area contributed by atoms with Gasteiger partial charge in [0.2, 0.25) is 11.9 Å². The number of ketones is 1. The highest BCUT2D eigenvalue weighted by atomic mass is 16.1. The third kappa shape index (κ3) is 2.45. The molecule has 0 saturated carbocycles. The maximum absolute atomic E-state index is 11.2. The molecule has 0 fully saturated rings. The Morgan fingerprint density at radius 1 is 1.57 bits per heavy atom. The fourth-order valence-corrected chi connectivity index (χ4v) is 1.22. The average molecular weight is 197 g/mol. The van der Waals surface area contributed by atoms with Crippen molar-refractivity contribution >= 4 is 17.7 Å². The number of nitrogens with one attached hydrogen (secondary N) is 2. The number of hydrogen-bond acceptors (Lipinski definition) is 5. The molecule has 0 amide bonds. The first-order valence-corrected chi connectivity index (χ1v) is 4.45. The van der Waals surface area contributed by atoms with Crippen LogP contribution in [0.4, 0.5) is 11.9 Å². The minimum absolute atomic E-state index is 0.0587. The summed E-state index contributed by atoms with van der Waals surface area (Å²) in [5.41, 5.74) is 5.35. The minimum Gasteiger partial charge on any atom is -0.368 e. The van der Waals surface area contributed by atoms with E-state index in [2.05, 4.69) is 20.5 Å². The smallest absolute Gasteiger partial charge is 0.244 e. The SMILES string of the molecule is CC(=O)[C@@H](Nc1n[nH]c(N)n1)C(C)C. The molecule has 0 spiro atoms. The molecule has 0 unspecified atom stereocenters. The van der Waals surface area contributed by atoms with E-state index in [9.17, 15) is 4.79 Å². The summed E-state index contributed by atoms with van der Waals surface area (Å²) >= 11 is 0. The van der Waals surface area contributed by atoms with Gasteiger partial charge in [0.05, 0.1) is 6.04 Å². The summed E-state index contributed by atoms with van der Waals surface area (Å²) in [6.07, 6.45) is 0. The number of anilines is 2. The van der Waals surface area contributed by atoms with Crippen LogP contribution in [0.2, 0.25) is 0 Å². The van der Waals surface area contributed by atoms with Gasteiger partial charge in [-0.3, -0.25) is 4.79 Å². The van der Waals surface area contributed by atoms with Gasteiger partial charge in [0.1, 0.15) is 0 Å². The number of aromatic amines is 1. The Kier molecular flexibility index (Phi) is 3.06. The minimum atomic E-state index is -0.273. The lowest BCUT2D eigenvalue weighted by molar-refractivity contribution is -0.118. The molecule has 6 heteroatoms. The van der Waals surface area contributed by atoms with Gasteiger partial charge in [-0.15, -0.1) is 5.10 Å². The first kappa shape index (κ1) is 10.5. The number of hydrogen-bond donors (Lipinski definition) is 3. The Morgan fingerprint density at radius 2 is 2.21 bits per heavy atom. The van der Waals surface area contributed by atoms with E-state index in [1.807, 2.05) is 13.8 Å². The largest absolute Gasteiger partial charge is 0.368 e. The molecule has 1 aromatic heterocycles. The van der Waals surface area contributed by atoms with Crippen molar-refractivity contribution in [3.05, 3.63) is 0 Å². The average Bonchev–Trinajstić information content (AvgIpc) is 2.46. The molecule has 6 nitrogen and oxygen atoms in total. The lowest BCUT2D eigenvalue weighted by atomic mass is 10.0. The van der Waals surface area contributed by atoms with E-state index in [0.29, 0.717) is 5.95 Å². The van der Waals surface area contributed by atoms with Crippen molar-refractivity contribution < 1.29 is 4.79 Å². The molecule has 4 N–H and O–H groups in total. The number of carbonyl (C=O) groups is 1. The van der Waals surface area contributed by atoms with Gasteiger partial charge >= 0.3 is 0 Å². The molecule has 0 aliphatic heterocycles. The Morgan fingerprint density at radius 3 is 2.57 bits per heavy atom. The lowest BCUT2D eigenvalue weighted by Crippen LogP contribution is -2.33. The first-order valence-electron chi connectivity index (χ1n) is 4.45. The van der Waals surface area contributed by atoms with Crippen molar-refractivity contribution in [1.82, 2.24) is 15.2 Å². The third-order valence-electron chi connectivity index (χ3n) is 1.89. The molecule has 1 rings (SSSR count). The van der Waals surface area contributed by atoms with Crippen LogP contribution in [-0.4, -0.2) is 27.0 Å². The third-order valence-corrected chi connectivity index (χ3v) is 1.89. The number of nitrogens with two attached hydrogens (primary N) is 1. The van der Waals surface area contributed by atoms with Gasteiger partial charge in [0.15, 0.2) is 5.78 Å². The summed E-state index contributed by atoms with van der Waals surface area (Å²) < 4.78 is 0. The fourth-order valence-electron chi connectivity index (χ4n) is 1.22. The summed E-state index contributed by atoms with van der Waals surface area (Å²) in [5.74, 6) is 0.838. The van der Waals surface area contributed by atoms with Crippen molar-refractivity contribution in [2.24, 2.45) is 5.92 Å². The molecule has 0 aromatic carbocycles. The predicted molar refractivity (Wildman–Crippen MR) is 53.7 cm³/mol. The van der Waals surface area contributed by atoms with Crippen LogP contribution in [0.1, 0.15) is 20.8 Å². The van der Waals surface area contributed by atoms with Gasteiger partial charge in [-0.25, -0.2) is 5.10 Å². The molecular formula is C8H15N5O. The second-order valence-electron chi connectivity index (χ2n) is 3.52. The Balaban J connectivity index is 2.69.